The smallest absolute Gasteiger partial charge is 0.313 e. The highest BCUT2D eigenvalue weighted by Gasteiger charge is 2.09. The molecule has 0 radical (unpaired) electrons. The first-order chi connectivity index (χ1) is 6.20. The molecular weight excluding hydrogens is 190 g/mol. The van der Waals surface area contributed by atoms with Gasteiger partial charge in [-0.15, -0.1) is 0 Å². The molecule has 1 rings (SSSR count). The Labute approximate surface area is 79.0 Å². The molecular formula is C8H7NO3S. The number of aromatic nitrogens is 1. The Bertz CT molecular complexity index is 312. The van der Waals surface area contributed by atoms with Crippen LogP contribution in [0.2, 0.25) is 0 Å². The molecule has 0 spiro atoms. The minimum atomic E-state index is -1.01. The van der Waals surface area contributed by atoms with Gasteiger partial charge < -0.3 is 5.11 Å². The van der Waals surface area contributed by atoms with Crippen molar-refractivity contribution < 1.29 is 14.7 Å². The molecule has 0 fully saturated rings. The summed E-state index contributed by atoms with van der Waals surface area (Å²) >= 11 is 0.737. The highest BCUT2D eigenvalue weighted by atomic mass is 32.2. The molecule has 0 aromatic carbocycles. The Morgan fingerprint density at radius 2 is 2.23 bits per heavy atom. The Hall–Kier alpha value is -1.36. The topological polar surface area (TPSA) is 67.3 Å². The average molecular weight is 197 g/mol. The summed E-state index contributed by atoms with van der Waals surface area (Å²) in [5, 5.41) is 8.00. The largest absolute Gasteiger partial charge is 0.481 e. The zero-order valence-electron chi connectivity index (χ0n) is 6.64. The van der Waals surface area contributed by atoms with Crippen LogP contribution in [0.4, 0.5) is 0 Å². The number of carbonyl (C=O) groups is 2. The minimum Gasteiger partial charge on any atom is -0.481 e. The van der Waals surface area contributed by atoms with Gasteiger partial charge in [-0.25, -0.2) is 0 Å². The van der Waals surface area contributed by atoms with Crippen molar-refractivity contribution in [2.24, 2.45) is 0 Å². The van der Waals surface area contributed by atoms with Crippen molar-refractivity contribution in [1.82, 2.24) is 4.98 Å². The van der Waals surface area contributed by atoms with E-state index in [0.717, 1.165) is 11.8 Å². The second-order valence-corrected chi connectivity index (χ2v) is 3.13. The number of hydrogen-bond donors (Lipinski definition) is 1. The molecule has 0 aliphatic heterocycles. The van der Waals surface area contributed by atoms with Gasteiger partial charge >= 0.3 is 5.97 Å². The normalized spacial score (nSPS) is 9.54. The molecule has 0 aliphatic carbocycles. The van der Waals surface area contributed by atoms with Crippen molar-refractivity contribution in [3.63, 3.8) is 0 Å². The number of rotatable bonds is 3. The number of aliphatic carboxylic acids is 1. The molecule has 68 valence electrons. The van der Waals surface area contributed by atoms with E-state index in [-0.39, 0.29) is 16.6 Å². The zero-order valence-corrected chi connectivity index (χ0v) is 7.45. The number of hydrogen-bond acceptors (Lipinski definition) is 4. The molecule has 1 heterocycles. The third-order valence-corrected chi connectivity index (χ3v) is 2.06. The van der Waals surface area contributed by atoms with Crippen LogP contribution in [0, 0.1) is 0 Å². The number of carboxylic acids is 1. The predicted molar refractivity (Wildman–Crippen MR) is 48.7 cm³/mol. The van der Waals surface area contributed by atoms with E-state index in [0.29, 0.717) is 0 Å². The molecule has 5 heteroatoms. The molecule has 4 nitrogen and oxygen atoms in total. The van der Waals surface area contributed by atoms with Gasteiger partial charge in [-0.1, -0.05) is 17.8 Å². The molecule has 0 saturated carbocycles. The second kappa shape index (κ2) is 4.61. The first-order valence-corrected chi connectivity index (χ1v) is 4.48. The fourth-order valence-electron chi connectivity index (χ4n) is 0.685. The van der Waals surface area contributed by atoms with E-state index >= 15 is 0 Å². The molecule has 0 atom stereocenters. The van der Waals surface area contributed by atoms with Gasteiger partial charge in [0.2, 0.25) is 5.12 Å². The van der Waals surface area contributed by atoms with E-state index in [1.54, 1.807) is 18.2 Å². The fraction of sp³-hybridized carbons (Fsp3) is 0.125. The van der Waals surface area contributed by atoms with Crippen LogP contribution in [0.1, 0.15) is 10.5 Å². The maximum atomic E-state index is 11.2. The Morgan fingerprint density at radius 3 is 2.77 bits per heavy atom. The summed E-state index contributed by atoms with van der Waals surface area (Å²) < 4.78 is 0. The van der Waals surface area contributed by atoms with Crippen LogP contribution in [0.3, 0.4) is 0 Å². The van der Waals surface area contributed by atoms with Gasteiger partial charge in [-0.05, 0) is 12.1 Å². The summed E-state index contributed by atoms with van der Waals surface area (Å²) in [6.45, 7) is 0. The Morgan fingerprint density at radius 1 is 1.46 bits per heavy atom. The van der Waals surface area contributed by atoms with E-state index in [1.165, 1.54) is 6.20 Å². The molecule has 0 bridgehead atoms. The third kappa shape index (κ3) is 3.25. The summed E-state index contributed by atoms with van der Waals surface area (Å²) in [6, 6.07) is 4.93. The lowest BCUT2D eigenvalue weighted by Crippen LogP contribution is -2.03. The van der Waals surface area contributed by atoms with Crippen LogP contribution in [-0.2, 0) is 4.79 Å². The van der Waals surface area contributed by atoms with Gasteiger partial charge in [0.25, 0.3) is 0 Å². The van der Waals surface area contributed by atoms with Gasteiger partial charge in [0.15, 0.2) is 0 Å². The first kappa shape index (κ1) is 9.73. The zero-order chi connectivity index (χ0) is 9.68. The van der Waals surface area contributed by atoms with E-state index in [4.69, 9.17) is 5.11 Å². The highest BCUT2D eigenvalue weighted by molar-refractivity contribution is 8.14. The maximum absolute atomic E-state index is 11.2. The molecule has 0 saturated heterocycles. The van der Waals surface area contributed by atoms with Crippen molar-refractivity contribution in [2.75, 3.05) is 5.75 Å². The third-order valence-electron chi connectivity index (χ3n) is 1.20. The lowest BCUT2D eigenvalue weighted by Gasteiger charge is -1.95. The second-order valence-electron chi connectivity index (χ2n) is 2.18. The van der Waals surface area contributed by atoms with Crippen molar-refractivity contribution in [3.05, 3.63) is 30.1 Å². The monoisotopic (exact) mass is 197 g/mol. The standard InChI is InChI=1S/C8H7NO3S/c10-7(11)5-13-8(12)6-3-1-2-4-9-6/h1-4H,5H2,(H,10,11). The predicted octanol–water partition coefficient (Wildman–Crippen LogP) is 1.04. The Balaban J connectivity index is 2.54. The number of nitrogens with zero attached hydrogens (tertiary/aromatic N) is 1. The van der Waals surface area contributed by atoms with Crippen LogP contribution >= 0.6 is 11.8 Å². The van der Waals surface area contributed by atoms with Crippen LogP contribution in [0.25, 0.3) is 0 Å². The number of pyridine rings is 1. The molecule has 0 aliphatic rings. The lowest BCUT2D eigenvalue weighted by atomic mass is 10.4. The minimum absolute atomic E-state index is 0.227. The Kier molecular flexibility index (Phi) is 3.45. The van der Waals surface area contributed by atoms with E-state index in [1.807, 2.05) is 0 Å². The van der Waals surface area contributed by atoms with Crippen LogP contribution in [-0.4, -0.2) is 26.9 Å². The SMILES string of the molecule is O=C(O)CSC(=O)c1ccccn1. The van der Waals surface area contributed by atoms with E-state index in [9.17, 15) is 9.59 Å². The van der Waals surface area contributed by atoms with E-state index < -0.39 is 5.97 Å². The summed E-state index contributed by atoms with van der Waals surface area (Å²) in [6.07, 6.45) is 1.49. The van der Waals surface area contributed by atoms with Crippen molar-refractivity contribution >= 4 is 22.8 Å². The summed E-state index contributed by atoms with van der Waals surface area (Å²) in [5.74, 6) is -1.23. The van der Waals surface area contributed by atoms with E-state index in [2.05, 4.69) is 4.98 Å². The van der Waals surface area contributed by atoms with Crippen LogP contribution < -0.4 is 0 Å². The maximum Gasteiger partial charge on any atom is 0.313 e. The van der Waals surface area contributed by atoms with Gasteiger partial charge in [-0.3, -0.25) is 14.6 Å². The quantitative estimate of drug-likeness (QED) is 0.784. The molecule has 13 heavy (non-hydrogen) atoms. The molecule has 0 amide bonds. The van der Waals surface area contributed by atoms with Gasteiger partial charge in [0.1, 0.15) is 5.69 Å². The van der Waals surface area contributed by atoms with Gasteiger partial charge in [0.05, 0.1) is 5.75 Å². The highest BCUT2D eigenvalue weighted by Crippen LogP contribution is 2.08. The number of carboxylic acid groups (broad SMARTS) is 1. The fourth-order valence-corrected chi connectivity index (χ4v) is 1.21. The number of thioether (sulfide) groups is 1. The van der Waals surface area contributed by atoms with Crippen molar-refractivity contribution in [3.8, 4) is 0 Å². The molecule has 1 N–H and O–H groups in total. The molecule has 0 unspecified atom stereocenters. The first-order valence-electron chi connectivity index (χ1n) is 3.50. The summed E-state index contributed by atoms with van der Waals surface area (Å²) in [5.41, 5.74) is 0.286. The van der Waals surface area contributed by atoms with Gasteiger partial charge in [-0.2, -0.15) is 0 Å². The van der Waals surface area contributed by atoms with Crippen molar-refractivity contribution in [2.45, 2.75) is 0 Å². The van der Waals surface area contributed by atoms with Crippen LogP contribution in [0.5, 0.6) is 0 Å². The van der Waals surface area contributed by atoms with Gasteiger partial charge in [0, 0.05) is 6.20 Å². The number of carbonyl (C=O) groups excluding carboxylic acids is 1. The molecule has 1 aromatic heterocycles. The lowest BCUT2D eigenvalue weighted by molar-refractivity contribution is -0.133. The summed E-state index contributed by atoms with van der Waals surface area (Å²) in [4.78, 5) is 25.1. The van der Waals surface area contributed by atoms with Crippen molar-refractivity contribution in [1.29, 1.82) is 0 Å². The molecule has 1 aromatic rings. The van der Waals surface area contributed by atoms with Crippen LogP contribution in [0.15, 0.2) is 24.4 Å². The summed E-state index contributed by atoms with van der Waals surface area (Å²) in [7, 11) is 0. The average Bonchev–Trinajstić information content (AvgIpc) is 2.15.